The summed E-state index contributed by atoms with van der Waals surface area (Å²) in [5, 5.41) is 0. The van der Waals surface area contributed by atoms with Crippen molar-refractivity contribution in [3.63, 3.8) is 0 Å². The Morgan fingerprint density at radius 3 is 2.54 bits per heavy atom. The molecule has 0 amide bonds. The predicted octanol–water partition coefficient (Wildman–Crippen LogP) is 0.913. The van der Waals surface area contributed by atoms with Crippen LogP contribution in [0.2, 0.25) is 0 Å². The first-order valence-electron chi connectivity index (χ1n) is 5.45. The van der Waals surface area contributed by atoms with E-state index in [0.717, 1.165) is 18.0 Å². The predicted molar refractivity (Wildman–Crippen MR) is 56.9 cm³/mol. The average molecular weight is 198 g/mol. The Kier molecular flexibility index (Phi) is 2.07. The quantitative estimate of drug-likeness (QED) is 0.679. The van der Waals surface area contributed by atoms with Gasteiger partial charge >= 0.3 is 0 Å². The Morgan fingerprint density at radius 1 is 1.23 bits per heavy atom. The lowest BCUT2D eigenvalue weighted by Gasteiger charge is -2.38. The van der Waals surface area contributed by atoms with Crippen molar-refractivity contribution in [1.82, 2.24) is 4.90 Å². The summed E-state index contributed by atoms with van der Waals surface area (Å²) in [6.45, 7) is 1.31. The molecule has 2 nitrogen and oxygen atoms in total. The molecule has 0 spiro atoms. The van der Waals surface area contributed by atoms with Crippen molar-refractivity contribution in [1.29, 1.82) is 0 Å². The van der Waals surface area contributed by atoms with Gasteiger partial charge in [0.15, 0.2) is 0 Å². The van der Waals surface area contributed by atoms with Crippen LogP contribution < -0.4 is 5.73 Å². The maximum Gasteiger partial charge on any atom is 0.0257 e. The van der Waals surface area contributed by atoms with E-state index in [1.54, 1.807) is 0 Å². The second kappa shape index (κ2) is 3.14. The number of nitrogens with zero attached hydrogens (tertiary/aromatic N) is 1. The lowest BCUT2D eigenvalue weighted by Crippen LogP contribution is -2.51. The van der Waals surface area contributed by atoms with Gasteiger partial charge in [-0.05, 0) is 36.7 Å². The number of hydrogen-bond donors (Lipinski definition) is 1. The molecule has 4 fully saturated rings. The molecule has 4 aliphatic rings. The third-order valence-corrected chi connectivity index (χ3v) is 5.11. The molecule has 13 heavy (non-hydrogen) atoms. The van der Waals surface area contributed by atoms with E-state index in [0.29, 0.717) is 6.04 Å². The third kappa shape index (κ3) is 1.24. The fraction of sp³-hybridized carbons (Fsp3) is 1.00. The van der Waals surface area contributed by atoms with Gasteiger partial charge in [0.25, 0.3) is 0 Å². The topological polar surface area (TPSA) is 29.3 Å². The zero-order valence-corrected chi connectivity index (χ0v) is 8.80. The summed E-state index contributed by atoms with van der Waals surface area (Å²) in [6, 6.07) is 2.16. The van der Waals surface area contributed by atoms with E-state index in [2.05, 4.69) is 16.7 Å². The van der Waals surface area contributed by atoms with E-state index >= 15 is 0 Å². The lowest BCUT2D eigenvalue weighted by molar-refractivity contribution is 0.157. The van der Waals surface area contributed by atoms with Crippen LogP contribution >= 0.6 is 11.8 Å². The Hall–Kier alpha value is 0.270. The Morgan fingerprint density at radius 2 is 2.00 bits per heavy atom. The minimum absolute atomic E-state index is 0.523. The molecule has 0 radical (unpaired) electrons. The van der Waals surface area contributed by atoms with Crippen molar-refractivity contribution >= 4 is 11.8 Å². The summed E-state index contributed by atoms with van der Waals surface area (Å²) in [5.74, 6) is 3.58. The number of thioether (sulfide) groups is 1. The van der Waals surface area contributed by atoms with Crippen molar-refractivity contribution in [2.75, 3.05) is 18.1 Å². The van der Waals surface area contributed by atoms with Crippen molar-refractivity contribution < 1.29 is 0 Å². The lowest BCUT2D eigenvalue weighted by atomic mass is 9.81. The van der Waals surface area contributed by atoms with E-state index in [9.17, 15) is 0 Å². The van der Waals surface area contributed by atoms with Crippen LogP contribution in [0.5, 0.6) is 0 Å². The van der Waals surface area contributed by atoms with Crippen LogP contribution in [0.3, 0.4) is 0 Å². The van der Waals surface area contributed by atoms with Crippen LogP contribution in [-0.2, 0) is 0 Å². The summed E-state index contributed by atoms with van der Waals surface area (Å²) < 4.78 is 0. The zero-order valence-electron chi connectivity index (χ0n) is 7.98. The molecule has 3 heterocycles. The minimum atomic E-state index is 0.523. The molecular weight excluding hydrogens is 180 g/mol. The average Bonchev–Trinajstić information content (AvgIpc) is 2.75. The van der Waals surface area contributed by atoms with Crippen LogP contribution in [0.25, 0.3) is 0 Å². The van der Waals surface area contributed by atoms with Gasteiger partial charge in [-0.3, -0.25) is 4.90 Å². The molecular formula is C10H18N2S. The molecule has 3 unspecified atom stereocenters. The highest BCUT2D eigenvalue weighted by Crippen LogP contribution is 2.42. The molecule has 4 rings (SSSR count). The first-order valence-corrected chi connectivity index (χ1v) is 6.61. The number of fused-ring (bicyclic) bond motifs is 1. The third-order valence-electron chi connectivity index (χ3n) is 4.06. The molecule has 74 valence electrons. The van der Waals surface area contributed by atoms with Crippen molar-refractivity contribution in [2.24, 2.45) is 11.7 Å². The summed E-state index contributed by atoms with van der Waals surface area (Å²) >= 11 is 2.12. The standard InChI is InChI=1S/C10H18N2S/c11-10-7-5-9(10)12(6-7)8-1-3-13-4-2-8/h7-10H,1-6,11H2. The Balaban J connectivity index is 1.66. The monoisotopic (exact) mass is 198 g/mol. The van der Waals surface area contributed by atoms with Gasteiger partial charge in [0.1, 0.15) is 0 Å². The SMILES string of the molecule is NC1C2CC1N(C1CCSCC1)C2. The smallest absolute Gasteiger partial charge is 0.0257 e. The van der Waals surface area contributed by atoms with E-state index in [1.807, 2.05) is 0 Å². The van der Waals surface area contributed by atoms with Crippen LogP contribution in [0.4, 0.5) is 0 Å². The molecule has 3 atom stereocenters. The molecule has 2 bridgehead atoms. The number of hydrogen-bond acceptors (Lipinski definition) is 3. The Bertz CT molecular complexity index is 203. The highest BCUT2D eigenvalue weighted by Gasteiger charge is 2.51. The molecule has 3 saturated heterocycles. The van der Waals surface area contributed by atoms with Crippen LogP contribution in [0, 0.1) is 5.92 Å². The maximum absolute atomic E-state index is 6.08. The summed E-state index contributed by atoms with van der Waals surface area (Å²) in [6.07, 6.45) is 4.20. The van der Waals surface area contributed by atoms with Crippen molar-refractivity contribution in [3.8, 4) is 0 Å². The van der Waals surface area contributed by atoms with Crippen LogP contribution in [0.1, 0.15) is 19.3 Å². The van der Waals surface area contributed by atoms with E-state index < -0.39 is 0 Å². The van der Waals surface area contributed by atoms with Gasteiger partial charge in [-0.25, -0.2) is 0 Å². The highest BCUT2D eigenvalue weighted by atomic mass is 32.2. The fourth-order valence-electron chi connectivity index (χ4n) is 3.14. The summed E-state index contributed by atoms with van der Waals surface area (Å²) in [4.78, 5) is 2.72. The molecule has 3 aliphatic heterocycles. The van der Waals surface area contributed by atoms with Gasteiger partial charge in [0.2, 0.25) is 0 Å². The van der Waals surface area contributed by atoms with E-state index in [1.165, 1.54) is 37.3 Å². The number of nitrogens with two attached hydrogens (primary N) is 1. The molecule has 1 saturated carbocycles. The van der Waals surface area contributed by atoms with Crippen molar-refractivity contribution in [3.05, 3.63) is 0 Å². The van der Waals surface area contributed by atoms with Gasteiger partial charge in [-0.2, -0.15) is 11.8 Å². The largest absolute Gasteiger partial charge is 0.326 e. The highest BCUT2D eigenvalue weighted by molar-refractivity contribution is 7.99. The Labute approximate surface area is 84.2 Å². The number of rotatable bonds is 1. The summed E-state index contributed by atoms with van der Waals surface area (Å²) in [7, 11) is 0. The second-order valence-corrected chi connectivity index (χ2v) is 5.91. The zero-order chi connectivity index (χ0) is 8.84. The van der Waals surface area contributed by atoms with Crippen LogP contribution in [-0.4, -0.2) is 41.1 Å². The van der Waals surface area contributed by atoms with Gasteiger partial charge in [0.05, 0.1) is 0 Å². The molecule has 1 aliphatic carbocycles. The first-order chi connectivity index (χ1) is 6.36. The van der Waals surface area contributed by atoms with Gasteiger partial charge in [-0.15, -0.1) is 0 Å². The van der Waals surface area contributed by atoms with Crippen LogP contribution in [0.15, 0.2) is 0 Å². The second-order valence-electron chi connectivity index (χ2n) is 4.68. The molecule has 0 aromatic rings. The van der Waals surface area contributed by atoms with Crippen molar-refractivity contribution in [2.45, 2.75) is 37.4 Å². The first kappa shape index (κ1) is 8.57. The fourth-order valence-corrected chi connectivity index (χ4v) is 4.22. The molecule has 3 heteroatoms. The van der Waals surface area contributed by atoms with Gasteiger partial charge in [0, 0.05) is 24.7 Å². The van der Waals surface area contributed by atoms with E-state index in [4.69, 9.17) is 5.73 Å². The van der Waals surface area contributed by atoms with Gasteiger partial charge in [-0.1, -0.05) is 0 Å². The van der Waals surface area contributed by atoms with E-state index in [-0.39, 0.29) is 0 Å². The minimum Gasteiger partial charge on any atom is -0.326 e. The molecule has 0 aromatic heterocycles. The summed E-state index contributed by atoms with van der Waals surface area (Å²) in [5.41, 5.74) is 6.08. The normalized spacial score (nSPS) is 46.4. The molecule has 0 aromatic carbocycles. The van der Waals surface area contributed by atoms with Gasteiger partial charge < -0.3 is 5.73 Å². The maximum atomic E-state index is 6.08. The molecule has 2 N–H and O–H groups in total.